The molecule has 1 heterocycles. The van der Waals surface area contributed by atoms with Crippen molar-refractivity contribution in [2.24, 2.45) is 0 Å². The number of aryl methyl sites for hydroxylation is 2. The van der Waals surface area contributed by atoms with Gasteiger partial charge in [-0.25, -0.2) is 0 Å². The fourth-order valence-electron chi connectivity index (χ4n) is 2.74. The van der Waals surface area contributed by atoms with Crippen LogP contribution in [0.15, 0.2) is 52.5 Å². The van der Waals surface area contributed by atoms with Gasteiger partial charge in [-0.05, 0) is 53.8 Å². The first-order valence-corrected chi connectivity index (χ1v) is 10.7. The van der Waals surface area contributed by atoms with Crippen molar-refractivity contribution in [1.82, 2.24) is 20.2 Å². The van der Waals surface area contributed by atoms with Gasteiger partial charge in [0.15, 0.2) is 0 Å². The van der Waals surface area contributed by atoms with E-state index in [1.165, 1.54) is 11.8 Å². The van der Waals surface area contributed by atoms with Crippen LogP contribution >= 0.6 is 23.5 Å². The van der Waals surface area contributed by atoms with E-state index in [-0.39, 0.29) is 5.91 Å². The number of rotatable bonds is 7. The summed E-state index contributed by atoms with van der Waals surface area (Å²) in [5.74, 6) is 0.577. The number of nitrogens with zero attached hydrogens (tertiary/aromatic N) is 4. The molecule has 0 fully saturated rings. The Kier molecular flexibility index (Phi) is 6.52. The van der Waals surface area contributed by atoms with Crippen molar-refractivity contribution in [3.05, 3.63) is 53.6 Å². The maximum Gasteiger partial charge on any atom is 0.225 e. The van der Waals surface area contributed by atoms with Crippen LogP contribution in [0.3, 0.4) is 0 Å². The topological polar surface area (TPSA) is 72.7 Å². The lowest BCUT2D eigenvalue weighted by Gasteiger charge is -2.11. The van der Waals surface area contributed by atoms with Gasteiger partial charge in [0.25, 0.3) is 0 Å². The van der Waals surface area contributed by atoms with Crippen molar-refractivity contribution in [2.45, 2.75) is 30.3 Å². The second kappa shape index (κ2) is 9.05. The van der Waals surface area contributed by atoms with Crippen molar-refractivity contribution >= 4 is 35.1 Å². The Labute approximate surface area is 167 Å². The highest BCUT2D eigenvalue weighted by atomic mass is 32.2. The van der Waals surface area contributed by atoms with Crippen LogP contribution in [-0.2, 0) is 4.79 Å². The molecule has 27 heavy (non-hydrogen) atoms. The first kappa shape index (κ1) is 19.4. The Morgan fingerprint density at radius 1 is 1.11 bits per heavy atom. The summed E-state index contributed by atoms with van der Waals surface area (Å²) in [5, 5.41) is 15.7. The minimum absolute atomic E-state index is 0.0184. The number of hydrogen-bond donors (Lipinski definition) is 1. The molecule has 140 valence electrons. The van der Waals surface area contributed by atoms with Crippen LogP contribution in [-0.4, -0.2) is 38.1 Å². The lowest BCUT2D eigenvalue weighted by atomic mass is 10.1. The summed E-state index contributed by atoms with van der Waals surface area (Å²) in [7, 11) is 0. The Morgan fingerprint density at radius 3 is 2.59 bits per heavy atom. The Balaban J connectivity index is 1.62. The third-order valence-electron chi connectivity index (χ3n) is 4.03. The van der Waals surface area contributed by atoms with Crippen molar-refractivity contribution in [2.75, 3.05) is 17.3 Å². The summed E-state index contributed by atoms with van der Waals surface area (Å²) in [4.78, 5) is 13.3. The van der Waals surface area contributed by atoms with E-state index < -0.39 is 0 Å². The molecule has 6 nitrogen and oxygen atoms in total. The van der Waals surface area contributed by atoms with E-state index in [4.69, 9.17) is 0 Å². The first-order chi connectivity index (χ1) is 13.1. The molecule has 0 saturated heterocycles. The first-order valence-electron chi connectivity index (χ1n) is 8.51. The van der Waals surface area contributed by atoms with Gasteiger partial charge in [-0.2, -0.15) is 4.68 Å². The molecule has 0 radical (unpaired) electrons. The third-order valence-corrected chi connectivity index (χ3v) is 5.75. The summed E-state index contributed by atoms with van der Waals surface area (Å²) in [6.07, 6.45) is 2.38. The van der Waals surface area contributed by atoms with E-state index in [0.717, 1.165) is 27.4 Å². The van der Waals surface area contributed by atoms with Crippen molar-refractivity contribution in [3.8, 4) is 5.69 Å². The predicted molar refractivity (Wildman–Crippen MR) is 111 cm³/mol. The van der Waals surface area contributed by atoms with Crippen molar-refractivity contribution < 1.29 is 4.79 Å². The fraction of sp³-hybridized carbons (Fsp3) is 0.263. The van der Waals surface area contributed by atoms with Gasteiger partial charge in [0.05, 0.1) is 11.4 Å². The minimum Gasteiger partial charge on any atom is -0.325 e. The Bertz CT molecular complexity index is 921. The molecule has 0 saturated carbocycles. The van der Waals surface area contributed by atoms with E-state index >= 15 is 0 Å². The molecule has 1 aromatic heterocycles. The molecule has 3 aromatic rings. The molecule has 1 amide bonds. The summed E-state index contributed by atoms with van der Waals surface area (Å²) >= 11 is 3.09. The zero-order chi connectivity index (χ0) is 19.2. The van der Waals surface area contributed by atoms with Gasteiger partial charge < -0.3 is 5.32 Å². The highest BCUT2D eigenvalue weighted by Gasteiger charge is 2.14. The van der Waals surface area contributed by atoms with Gasteiger partial charge in [-0.3, -0.25) is 4.79 Å². The van der Waals surface area contributed by atoms with Crippen LogP contribution in [0, 0.1) is 13.8 Å². The second-order valence-electron chi connectivity index (χ2n) is 5.96. The van der Waals surface area contributed by atoms with E-state index in [2.05, 4.69) is 20.8 Å². The van der Waals surface area contributed by atoms with Crippen molar-refractivity contribution in [1.29, 1.82) is 0 Å². The molecule has 0 bridgehead atoms. The summed E-state index contributed by atoms with van der Waals surface area (Å²) in [6, 6.07) is 13.9. The number of tetrazole rings is 1. The van der Waals surface area contributed by atoms with Crippen LogP contribution in [0.1, 0.15) is 17.5 Å². The number of aromatic nitrogens is 4. The van der Waals surface area contributed by atoms with Crippen LogP contribution < -0.4 is 5.32 Å². The quantitative estimate of drug-likeness (QED) is 0.603. The van der Waals surface area contributed by atoms with Crippen molar-refractivity contribution in [3.63, 3.8) is 0 Å². The molecule has 0 unspecified atom stereocenters. The number of thioether (sulfide) groups is 2. The van der Waals surface area contributed by atoms with Gasteiger partial charge in [0.2, 0.25) is 11.1 Å². The van der Waals surface area contributed by atoms with Crippen LogP contribution in [0.25, 0.3) is 5.69 Å². The van der Waals surface area contributed by atoms with Crippen LogP contribution in [0.4, 0.5) is 5.69 Å². The molecule has 2 aromatic carbocycles. The SMILES string of the molecule is CSc1ccccc1NC(=O)CCSc1nnnn1-c1c(C)cccc1C. The molecule has 8 heteroatoms. The number of para-hydroxylation sites is 2. The van der Waals surface area contributed by atoms with Gasteiger partial charge >= 0.3 is 0 Å². The maximum atomic E-state index is 12.3. The molecule has 0 atom stereocenters. The minimum atomic E-state index is -0.0184. The van der Waals surface area contributed by atoms with Gasteiger partial charge in [-0.1, -0.05) is 42.1 Å². The second-order valence-corrected chi connectivity index (χ2v) is 7.87. The molecule has 3 rings (SSSR count). The number of benzene rings is 2. The Hall–Kier alpha value is -2.32. The molecular formula is C19H21N5OS2. The number of amides is 1. The smallest absolute Gasteiger partial charge is 0.225 e. The standard InChI is InChI=1S/C19H21N5OS2/c1-13-7-6-8-14(2)18(13)24-19(21-22-23-24)27-12-11-17(25)20-15-9-4-5-10-16(15)26-3/h4-10H,11-12H2,1-3H3,(H,20,25). The number of hydrogen-bond acceptors (Lipinski definition) is 6. The summed E-state index contributed by atoms with van der Waals surface area (Å²) in [5.41, 5.74) is 4.05. The van der Waals surface area contributed by atoms with Gasteiger partial charge in [-0.15, -0.1) is 16.9 Å². The Morgan fingerprint density at radius 2 is 1.85 bits per heavy atom. The summed E-state index contributed by atoms with van der Waals surface area (Å²) < 4.78 is 1.75. The molecule has 0 aliphatic heterocycles. The molecule has 0 aliphatic carbocycles. The van der Waals surface area contributed by atoms with Gasteiger partial charge in [0.1, 0.15) is 0 Å². The fourth-order valence-corrected chi connectivity index (χ4v) is 4.11. The number of anilines is 1. The zero-order valence-corrected chi connectivity index (χ0v) is 17.1. The largest absolute Gasteiger partial charge is 0.325 e. The average molecular weight is 400 g/mol. The van der Waals surface area contributed by atoms with E-state index in [9.17, 15) is 4.79 Å². The summed E-state index contributed by atoms with van der Waals surface area (Å²) in [6.45, 7) is 4.07. The normalized spacial score (nSPS) is 10.8. The third kappa shape index (κ3) is 4.70. The van der Waals surface area contributed by atoms with E-state index in [1.54, 1.807) is 16.4 Å². The van der Waals surface area contributed by atoms with E-state index in [0.29, 0.717) is 17.3 Å². The zero-order valence-electron chi connectivity index (χ0n) is 15.5. The number of nitrogens with one attached hydrogen (secondary N) is 1. The highest BCUT2D eigenvalue weighted by molar-refractivity contribution is 7.99. The molecule has 1 N–H and O–H groups in total. The highest BCUT2D eigenvalue weighted by Crippen LogP contribution is 2.26. The molecule has 0 spiro atoms. The monoisotopic (exact) mass is 399 g/mol. The molecular weight excluding hydrogens is 378 g/mol. The number of carbonyl (C=O) groups is 1. The average Bonchev–Trinajstić information content (AvgIpc) is 3.10. The maximum absolute atomic E-state index is 12.3. The lowest BCUT2D eigenvalue weighted by molar-refractivity contribution is -0.115. The number of carbonyl (C=O) groups excluding carboxylic acids is 1. The van der Waals surface area contributed by atoms with E-state index in [1.807, 2.05) is 62.6 Å². The van der Waals surface area contributed by atoms with Crippen LogP contribution in [0.2, 0.25) is 0 Å². The van der Waals surface area contributed by atoms with Crippen LogP contribution in [0.5, 0.6) is 0 Å². The molecule has 0 aliphatic rings. The lowest BCUT2D eigenvalue weighted by Crippen LogP contribution is -2.13. The van der Waals surface area contributed by atoms with Gasteiger partial charge in [0, 0.05) is 17.1 Å². The predicted octanol–water partition coefficient (Wildman–Crippen LogP) is 4.12.